The van der Waals surface area contributed by atoms with E-state index in [9.17, 15) is 0 Å². The molecule has 6 rings (SSSR count). The monoisotopic (exact) mass is 1150 g/mol. The predicted octanol–water partition coefficient (Wildman–Crippen LogP) is 18.5. The first kappa shape index (κ1) is 96.0. The van der Waals surface area contributed by atoms with Crippen molar-refractivity contribution in [1.82, 2.24) is 47.9 Å². The average molecular weight is 1150 g/mol. The van der Waals surface area contributed by atoms with Crippen molar-refractivity contribution in [2.45, 2.75) is 317 Å². The van der Waals surface area contributed by atoms with Crippen molar-refractivity contribution in [2.75, 3.05) is 72.2 Å². The first-order valence-corrected chi connectivity index (χ1v) is 34.6. The molecule has 3 atom stereocenters. The van der Waals surface area contributed by atoms with Crippen LogP contribution in [0.2, 0.25) is 0 Å². The lowest BCUT2D eigenvalue weighted by molar-refractivity contribution is 0.183. The van der Waals surface area contributed by atoms with E-state index in [4.69, 9.17) is 0 Å². The largest absolute Gasteiger partial charge is 0.317 e. The van der Waals surface area contributed by atoms with Crippen LogP contribution in [0.3, 0.4) is 0 Å². The van der Waals surface area contributed by atoms with Crippen molar-refractivity contribution < 1.29 is 0 Å². The molecule has 6 aliphatic rings. The van der Waals surface area contributed by atoms with Crippen LogP contribution in [0.1, 0.15) is 299 Å². The summed E-state index contributed by atoms with van der Waals surface area (Å²) in [7, 11) is 0. The van der Waals surface area contributed by atoms with Crippen molar-refractivity contribution in [3.05, 3.63) is 0 Å². The lowest BCUT2D eigenvalue weighted by Crippen LogP contribution is -2.65. The molecule has 9 heteroatoms. The standard InChI is InChI=1S/C9H21N3.C9H18.C7H16N2.2C5H11N.C4H10N2.8C4H10/c1-6(2)8-10-5-11-9(12-8)7(3)4;1-8(2)9-6-4-3-5-7-9;1-6(2)7-5-8-3-4-9-7;2*1-2-4-6-5-3-1;1-2-5-4-6-3-1;8*1-4(2)3/h6-12H,5H2,1-4H3;8-9H,3-7H2,1-2H3;6-9H,3-5H2,1-2H3;2*6H,1-5H2;5-6H,1-4H2;8*4H,1-3H3. The lowest BCUT2D eigenvalue weighted by atomic mass is 9.82. The maximum absolute atomic E-state index is 3.53. The zero-order valence-electron chi connectivity index (χ0n) is 62.0. The summed E-state index contributed by atoms with van der Waals surface area (Å²) in [5.74, 6) is 10.7. The molecule has 0 aromatic heterocycles. The van der Waals surface area contributed by atoms with Crippen molar-refractivity contribution in [3.8, 4) is 0 Å². The van der Waals surface area contributed by atoms with Gasteiger partial charge in [0.05, 0.1) is 12.3 Å². The summed E-state index contributed by atoms with van der Waals surface area (Å²) < 4.78 is 0. The van der Waals surface area contributed by atoms with E-state index in [-0.39, 0.29) is 0 Å². The Hall–Kier alpha value is -0.360. The van der Waals surface area contributed by atoms with Crippen molar-refractivity contribution in [3.63, 3.8) is 0 Å². The number of piperazine rings is 1. The predicted molar refractivity (Wildman–Crippen MR) is 375 cm³/mol. The Morgan fingerprint density at radius 2 is 0.525 bits per heavy atom. The van der Waals surface area contributed by atoms with Crippen LogP contribution in [0.15, 0.2) is 0 Å². The lowest BCUT2D eigenvalue weighted by Gasteiger charge is -2.37. The molecular weight excluding hydrogens is 979 g/mol. The summed E-state index contributed by atoms with van der Waals surface area (Å²) in [5.41, 5.74) is 0. The van der Waals surface area contributed by atoms with E-state index < -0.39 is 0 Å². The van der Waals surface area contributed by atoms with Gasteiger partial charge >= 0.3 is 0 Å². The van der Waals surface area contributed by atoms with E-state index in [1.54, 1.807) is 0 Å². The maximum Gasteiger partial charge on any atom is 0.0617 e. The average Bonchev–Trinajstić information content (AvgIpc) is 3.36. The Balaban J connectivity index is -0.000000119. The molecule has 0 bridgehead atoms. The zero-order valence-corrected chi connectivity index (χ0v) is 62.0. The Kier molecular flexibility index (Phi) is 89.7. The second-order valence-electron chi connectivity index (χ2n) is 29.9. The molecule has 1 saturated carbocycles. The summed E-state index contributed by atoms with van der Waals surface area (Å²) >= 11 is 0. The fraction of sp³-hybridized carbons (Fsp3) is 1.00. The molecule has 0 amide bonds. The van der Waals surface area contributed by atoms with Gasteiger partial charge in [-0.2, -0.15) is 0 Å². The van der Waals surface area contributed by atoms with Gasteiger partial charge in [-0.15, -0.1) is 0 Å². The molecule has 0 aromatic carbocycles. The van der Waals surface area contributed by atoms with Crippen molar-refractivity contribution in [1.29, 1.82) is 0 Å². The van der Waals surface area contributed by atoms with E-state index in [2.05, 4.69) is 269 Å². The second kappa shape index (κ2) is 74.7. The molecule has 9 nitrogen and oxygen atoms in total. The molecule has 5 aliphatic heterocycles. The summed E-state index contributed by atoms with van der Waals surface area (Å²) in [4.78, 5) is 0. The van der Waals surface area contributed by atoms with Crippen LogP contribution in [0.5, 0.6) is 0 Å². The van der Waals surface area contributed by atoms with Crippen LogP contribution in [-0.4, -0.2) is 90.6 Å². The van der Waals surface area contributed by atoms with Gasteiger partial charge in [-0.05, 0) is 148 Å². The summed E-state index contributed by atoms with van der Waals surface area (Å²) in [6.07, 6.45) is 18.1. The van der Waals surface area contributed by atoms with E-state index >= 15 is 0 Å². The molecule has 5 saturated heterocycles. The Morgan fingerprint density at radius 3 is 0.675 bits per heavy atom. The van der Waals surface area contributed by atoms with Crippen LogP contribution < -0.4 is 47.9 Å². The minimum absolute atomic E-state index is 0.457. The van der Waals surface area contributed by atoms with E-state index in [1.807, 2.05) is 0 Å². The fourth-order valence-corrected chi connectivity index (χ4v) is 6.60. The molecule has 496 valence electrons. The van der Waals surface area contributed by atoms with Gasteiger partial charge in [0.15, 0.2) is 0 Å². The number of nitrogens with one attached hydrogen (secondary N) is 9. The maximum atomic E-state index is 3.53. The van der Waals surface area contributed by atoms with Crippen molar-refractivity contribution >= 4 is 0 Å². The smallest absolute Gasteiger partial charge is 0.0617 e. The molecule has 6 fully saturated rings. The van der Waals surface area contributed by atoms with Gasteiger partial charge in [0, 0.05) is 39.0 Å². The van der Waals surface area contributed by atoms with Crippen LogP contribution >= 0.6 is 0 Å². The number of rotatable bonds is 4. The first-order chi connectivity index (χ1) is 37.1. The highest BCUT2D eigenvalue weighted by Crippen LogP contribution is 2.29. The summed E-state index contributed by atoms with van der Waals surface area (Å²) in [5, 5.41) is 30.0. The van der Waals surface area contributed by atoms with Gasteiger partial charge in [0.1, 0.15) is 0 Å². The summed E-state index contributed by atoms with van der Waals surface area (Å²) in [6.45, 7) is 82.8. The fourth-order valence-electron chi connectivity index (χ4n) is 6.60. The number of hydrogen-bond donors (Lipinski definition) is 9. The van der Waals surface area contributed by atoms with Crippen LogP contribution in [0.4, 0.5) is 0 Å². The Bertz CT molecular complexity index is 811. The molecule has 0 spiro atoms. The molecular formula is C71H167N9. The molecule has 80 heavy (non-hydrogen) atoms. The van der Waals surface area contributed by atoms with Crippen LogP contribution in [-0.2, 0) is 0 Å². The molecule has 0 radical (unpaired) electrons. The first-order valence-electron chi connectivity index (χ1n) is 34.6. The number of piperidine rings is 2. The highest BCUT2D eigenvalue weighted by Gasteiger charge is 2.23. The third kappa shape index (κ3) is 128. The normalized spacial score (nSPS) is 19.6. The van der Waals surface area contributed by atoms with Gasteiger partial charge < -0.3 is 31.9 Å². The van der Waals surface area contributed by atoms with E-state index in [0.29, 0.717) is 30.2 Å². The van der Waals surface area contributed by atoms with E-state index in [0.717, 1.165) is 98.1 Å². The number of hydrogen-bond acceptors (Lipinski definition) is 9. The topological polar surface area (TPSA) is 108 Å². The molecule has 3 unspecified atom stereocenters. The minimum atomic E-state index is 0.457. The quantitative estimate of drug-likeness (QED) is 0.136. The molecule has 9 N–H and O–H groups in total. The molecule has 0 aromatic rings. The zero-order chi connectivity index (χ0) is 63.9. The van der Waals surface area contributed by atoms with Crippen LogP contribution in [0.25, 0.3) is 0 Å². The molecule has 5 heterocycles. The van der Waals surface area contributed by atoms with Crippen LogP contribution in [0, 0.1) is 76.9 Å². The van der Waals surface area contributed by atoms with Gasteiger partial charge in [-0.25, -0.2) is 0 Å². The highest BCUT2D eigenvalue weighted by atomic mass is 15.3. The van der Waals surface area contributed by atoms with E-state index in [1.165, 1.54) is 116 Å². The minimum Gasteiger partial charge on any atom is -0.317 e. The second-order valence-corrected chi connectivity index (χ2v) is 29.9. The summed E-state index contributed by atoms with van der Waals surface area (Å²) in [6, 6.07) is 0.693. The van der Waals surface area contributed by atoms with Gasteiger partial charge in [-0.1, -0.05) is 267 Å². The van der Waals surface area contributed by atoms with Gasteiger partial charge in [0.2, 0.25) is 0 Å². The van der Waals surface area contributed by atoms with Gasteiger partial charge in [-0.3, -0.25) is 16.0 Å². The van der Waals surface area contributed by atoms with Crippen molar-refractivity contribution in [2.24, 2.45) is 76.9 Å². The SMILES string of the molecule is C1CCNCC1.C1CCNCC1.C1CNCNC1.CC(C)C.CC(C)C.CC(C)C.CC(C)C.CC(C)C.CC(C)C.CC(C)C.CC(C)C.CC(C)C1CCCCC1.CC(C)C1CNCCN1.CC(C)C1NCNC(C(C)C)N1. The van der Waals surface area contributed by atoms with Gasteiger partial charge in [0.25, 0.3) is 0 Å². The highest BCUT2D eigenvalue weighted by molar-refractivity contribution is 4.80. The third-order valence-corrected chi connectivity index (χ3v) is 10.2. The third-order valence-electron chi connectivity index (χ3n) is 10.2. The molecule has 1 aliphatic carbocycles. The Labute approximate surface area is 511 Å². The Morgan fingerprint density at radius 1 is 0.237 bits per heavy atom.